The zero-order valence-electron chi connectivity index (χ0n) is 35.3. The summed E-state index contributed by atoms with van der Waals surface area (Å²) in [6, 6.07) is 3.22. The molecule has 5 rings (SSSR count). The Hall–Kier alpha value is -6.15. The van der Waals surface area contributed by atoms with Gasteiger partial charge in [0.05, 0.1) is 57.6 Å². The second kappa shape index (κ2) is 21.8. The number of ether oxygens (including phenoxy) is 5. The number of Topliss-reactive ketones (excluding diaryl/α,β-unsaturated/α-hetero) is 1. The molecule has 0 saturated carbocycles. The quantitative estimate of drug-likeness (QED) is 0.0393. The number of imide groups is 1. The van der Waals surface area contributed by atoms with Crippen LogP contribution in [0.25, 0.3) is 10.1 Å². The van der Waals surface area contributed by atoms with Gasteiger partial charge >= 0.3 is 11.9 Å². The molecule has 17 nitrogen and oxygen atoms in total. The van der Waals surface area contributed by atoms with Gasteiger partial charge in [-0.3, -0.25) is 38.5 Å². The Morgan fingerprint density at radius 1 is 0.968 bits per heavy atom. The summed E-state index contributed by atoms with van der Waals surface area (Å²) >= 11 is 0.999. The molecular formula is C43H50F2N4O13S. The van der Waals surface area contributed by atoms with Crippen molar-refractivity contribution in [2.24, 2.45) is 11.7 Å². The van der Waals surface area contributed by atoms with E-state index in [1.807, 2.05) is 0 Å². The Balaban J connectivity index is 1.10. The predicted molar refractivity (Wildman–Crippen MR) is 222 cm³/mol. The maximum Gasteiger partial charge on any atom is 0.306 e. The fraction of sp³-hybridized carbons (Fsp3) is 0.465. The molecule has 0 radical (unpaired) electrons. The Morgan fingerprint density at radius 2 is 1.65 bits per heavy atom. The molecule has 63 heavy (non-hydrogen) atoms. The van der Waals surface area contributed by atoms with Crippen LogP contribution in [0.2, 0.25) is 0 Å². The van der Waals surface area contributed by atoms with Crippen LogP contribution in [0.4, 0.5) is 8.78 Å². The molecule has 2 aliphatic heterocycles. The third kappa shape index (κ3) is 11.5. The Morgan fingerprint density at radius 3 is 2.30 bits per heavy atom. The second-order valence-electron chi connectivity index (χ2n) is 14.8. The van der Waals surface area contributed by atoms with E-state index in [1.165, 1.54) is 38.2 Å². The third-order valence-corrected chi connectivity index (χ3v) is 11.5. The summed E-state index contributed by atoms with van der Waals surface area (Å²) in [5, 5.41) is 11.5. The van der Waals surface area contributed by atoms with Gasteiger partial charge in [-0.25, -0.2) is 8.78 Å². The number of nitrogens with two attached hydrogens (primary N) is 1. The number of hydrogen-bond donors (Lipinski definition) is 3. The number of nitrogens with zero attached hydrogens (tertiary/aromatic N) is 2. The van der Waals surface area contributed by atoms with Crippen molar-refractivity contribution in [2.45, 2.75) is 84.0 Å². The zero-order chi connectivity index (χ0) is 46.0. The number of thiophene rings is 1. The first-order valence-corrected chi connectivity index (χ1v) is 21.0. The first-order chi connectivity index (χ1) is 30.1. The molecule has 1 saturated heterocycles. The van der Waals surface area contributed by atoms with Crippen molar-refractivity contribution >= 4 is 62.8 Å². The Bertz CT molecular complexity index is 2280. The van der Waals surface area contributed by atoms with Gasteiger partial charge in [0.25, 0.3) is 0 Å². The van der Waals surface area contributed by atoms with Gasteiger partial charge in [0, 0.05) is 67.0 Å². The number of halogens is 2. The number of carboxylic acid groups (broad SMARTS) is 1. The first kappa shape index (κ1) is 47.9. The minimum Gasteiger partial charge on any atom is -0.493 e. The standard InChI is InChI=1S/C43H50F2N4O13S/c1-5-6-8-24-16-35(52)49(43(24)57)28(19-46)42(56)47-20-23(2)62-37(55)12-9-29(50)33-17-26-32(63-33)18-31(59-4)41(38(26)44)61-14-7-13-60-40-30(58-3)15-25-21-48(22-27(25)39(40)45)34(51)10-11-36(53)54/h5-6,15,17-18,23-24,28H,7-14,16,19-22,46H2,1-4H3,(H,47,56)(H,53,54)/b6-5-/t23-,24?,28-/m0/s1. The minimum absolute atomic E-state index is 0.0217. The number of nitrogens with one attached hydrogen (secondary N) is 1. The fourth-order valence-corrected chi connectivity index (χ4v) is 8.16. The smallest absolute Gasteiger partial charge is 0.306 e. The van der Waals surface area contributed by atoms with Crippen molar-refractivity contribution in [1.29, 1.82) is 0 Å². The van der Waals surface area contributed by atoms with Gasteiger partial charge in [0.1, 0.15) is 12.1 Å². The summed E-state index contributed by atoms with van der Waals surface area (Å²) in [5.74, 6) is -6.64. The lowest BCUT2D eigenvalue weighted by Gasteiger charge is -2.25. The lowest BCUT2D eigenvalue weighted by atomic mass is 10.0. The van der Waals surface area contributed by atoms with Crippen LogP contribution in [-0.2, 0) is 46.6 Å². The summed E-state index contributed by atoms with van der Waals surface area (Å²) < 4.78 is 59.4. The highest BCUT2D eigenvalue weighted by Gasteiger charge is 2.43. The largest absolute Gasteiger partial charge is 0.493 e. The van der Waals surface area contributed by atoms with Crippen LogP contribution < -0.4 is 30.0 Å². The molecule has 3 aromatic rings. The fourth-order valence-electron chi connectivity index (χ4n) is 7.11. The number of fused-ring (bicyclic) bond motifs is 2. The van der Waals surface area contributed by atoms with Gasteiger partial charge in [-0.1, -0.05) is 12.2 Å². The zero-order valence-corrected chi connectivity index (χ0v) is 36.1. The molecular weight excluding hydrogens is 851 g/mol. The number of rotatable bonds is 23. The number of benzene rings is 2. The second-order valence-corrected chi connectivity index (χ2v) is 15.9. The van der Waals surface area contributed by atoms with Crippen LogP contribution in [0.1, 0.15) is 79.6 Å². The van der Waals surface area contributed by atoms with Gasteiger partial charge in [-0.2, -0.15) is 0 Å². The van der Waals surface area contributed by atoms with E-state index < -0.39 is 71.0 Å². The number of carboxylic acids is 1. The van der Waals surface area contributed by atoms with Gasteiger partial charge in [0.15, 0.2) is 40.4 Å². The molecule has 340 valence electrons. The van der Waals surface area contributed by atoms with E-state index in [-0.39, 0.29) is 117 Å². The minimum atomic E-state index is -1.22. The maximum absolute atomic E-state index is 15.9. The number of likely N-dealkylation sites (tertiary alicyclic amines) is 1. The molecule has 1 fully saturated rings. The number of hydrogen-bond acceptors (Lipinski definition) is 14. The highest BCUT2D eigenvalue weighted by Crippen LogP contribution is 2.41. The number of methoxy groups -OCH3 is 2. The van der Waals surface area contributed by atoms with Gasteiger partial charge in [-0.15, -0.1) is 11.3 Å². The van der Waals surface area contributed by atoms with E-state index in [0.29, 0.717) is 16.7 Å². The predicted octanol–water partition coefficient (Wildman–Crippen LogP) is 4.43. The lowest BCUT2D eigenvalue weighted by molar-refractivity contribution is -0.149. The summed E-state index contributed by atoms with van der Waals surface area (Å²) in [5.41, 5.74) is 6.51. The summed E-state index contributed by atoms with van der Waals surface area (Å²) in [7, 11) is 2.66. The van der Waals surface area contributed by atoms with Gasteiger partial charge < -0.3 is 44.7 Å². The van der Waals surface area contributed by atoms with E-state index in [2.05, 4.69) is 5.32 Å². The molecule has 2 aromatic carbocycles. The number of ketones is 1. The molecule has 3 heterocycles. The molecule has 0 aliphatic carbocycles. The van der Waals surface area contributed by atoms with E-state index in [0.717, 1.165) is 16.2 Å². The van der Waals surface area contributed by atoms with E-state index >= 15 is 8.78 Å². The third-order valence-electron chi connectivity index (χ3n) is 10.4. The van der Waals surface area contributed by atoms with E-state index in [1.54, 1.807) is 25.1 Å². The summed E-state index contributed by atoms with van der Waals surface area (Å²) in [6.07, 6.45) is 2.11. The van der Waals surface area contributed by atoms with Crippen LogP contribution >= 0.6 is 11.3 Å². The van der Waals surface area contributed by atoms with Crippen molar-refractivity contribution < 1.29 is 71.1 Å². The van der Waals surface area contributed by atoms with Crippen molar-refractivity contribution in [3.8, 4) is 23.0 Å². The molecule has 2 aliphatic rings. The van der Waals surface area contributed by atoms with Crippen LogP contribution in [-0.4, -0.2) is 109 Å². The number of amides is 4. The topological polar surface area (TPSA) is 230 Å². The van der Waals surface area contributed by atoms with Crippen molar-refractivity contribution in [3.63, 3.8) is 0 Å². The average molecular weight is 901 g/mol. The molecule has 0 bridgehead atoms. The van der Waals surface area contributed by atoms with Gasteiger partial charge in [-0.05, 0) is 38.0 Å². The molecule has 1 unspecified atom stereocenters. The molecule has 3 atom stereocenters. The Labute approximate surface area is 365 Å². The van der Waals surface area contributed by atoms with Crippen LogP contribution in [0.3, 0.4) is 0 Å². The lowest BCUT2D eigenvalue weighted by Crippen LogP contribution is -2.54. The Kier molecular flexibility index (Phi) is 16.6. The van der Waals surface area contributed by atoms with Crippen LogP contribution in [0.5, 0.6) is 23.0 Å². The molecule has 20 heteroatoms. The normalized spacial score (nSPS) is 15.7. The van der Waals surface area contributed by atoms with E-state index in [4.69, 9.17) is 34.5 Å². The monoisotopic (exact) mass is 900 g/mol. The highest BCUT2D eigenvalue weighted by molar-refractivity contribution is 7.20. The maximum atomic E-state index is 15.9. The molecule has 0 spiro atoms. The van der Waals surface area contributed by atoms with Crippen molar-refractivity contribution in [3.05, 3.63) is 58.0 Å². The van der Waals surface area contributed by atoms with Crippen LogP contribution in [0.15, 0.2) is 30.4 Å². The van der Waals surface area contributed by atoms with Gasteiger partial charge in [0.2, 0.25) is 23.6 Å². The number of carbonyl (C=O) groups excluding carboxylic acids is 6. The van der Waals surface area contributed by atoms with E-state index in [9.17, 15) is 33.6 Å². The average Bonchev–Trinajstić information content (AvgIpc) is 3.97. The number of allylic oxidation sites excluding steroid dienone is 2. The summed E-state index contributed by atoms with van der Waals surface area (Å²) in [6.45, 7) is 2.77. The highest BCUT2D eigenvalue weighted by atomic mass is 32.1. The number of esters is 1. The number of carbonyl (C=O) groups is 7. The first-order valence-electron chi connectivity index (χ1n) is 20.2. The number of aliphatic carboxylic acids is 1. The van der Waals surface area contributed by atoms with Crippen molar-refractivity contribution in [1.82, 2.24) is 15.1 Å². The molecule has 1 aromatic heterocycles. The summed E-state index contributed by atoms with van der Waals surface area (Å²) in [4.78, 5) is 89.8. The molecule has 4 N–H and O–H groups in total. The molecule has 4 amide bonds. The van der Waals surface area contributed by atoms with Crippen LogP contribution in [0, 0.1) is 17.6 Å². The van der Waals surface area contributed by atoms with Crippen molar-refractivity contribution in [2.75, 3.05) is 40.5 Å². The SMILES string of the molecule is C/C=C\CC1CC(=O)N([C@@H](CN)C(=O)NC[C@H](C)OC(=O)CCC(=O)c2cc3c(F)c(OCCCOc4c(OC)cc5c(c4F)CN(C(=O)CCC(=O)O)C5)c(OC)cc3s2)C1=O.